The van der Waals surface area contributed by atoms with E-state index in [0.717, 1.165) is 20.1 Å². The lowest BCUT2D eigenvalue weighted by Crippen LogP contribution is -2.36. The summed E-state index contributed by atoms with van der Waals surface area (Å²) in [5, 5.41) is 12.4. The van der Waals surface area contributed by atoms with Gasteiger partial charge in [0.25, 0.3) is 0 Å². The number of dihydropyridines is 1. The smallest absolute Gasteiger partial charge is 0.336 e. The van der Waals surface area contributed by atoms with E-state index in [0.29, 0.717) is 18.9 Å². The van der Waals surface area contributed by atoms with Gasteiger partial charge in [-0.1, -0.05) is 0 Å². The van der Waals surface area contributed by atoms with Crippen LogP contribution in [-0.4, -0.2) is 43.4 Å². The fourth-order valence-corrected chi connectivity index (χ4v) is 3.76. The number of carbonyl (C=O) groups excluding carboxylic acids is 2. The standard InChI is InChI=1S/C21H20F3NO6/c1-9(26)31-8-15-18(20(27)28)17(19(21(29)30-2)14(7-22)25-15)12-5-11(23)6-13(24)16(12)10-3-4-10/h5-6,10,17,25H,3-4,7-8H2,1-2H3,(H,27,28). The number of benzene rings is 1. The highest BCUT2D eigenvalue weighted by Crippen LogP contribution is 2.49. The molecule has 166 valence electrons. The lowest BCUT2D eigenvalue weighted by Gasteiger charge is -2.32. The van der Waals surface area contributed by atoms with Crippen LogP contribution in [0.3, 0.4) is 0 Å². The van der Waals surface area contributed by atoms with Gasteiger partial charge in [-0.25, -0.2) is 22.8 Å². The van der Waals surface area contributed by atoms with Crippen LogP contribution in [0.15, 0.2) is 34.7 Å². The Balaban J connectivity index is 2.32. The number of esters is 2. The van der Waals surface area contributed by atoms with E-state index in [1.165, 1.54) is 0 Å². The minimum atomic E-state index is -1.54. The third-order valence-corrected chi connectivity index (χ3v) is 5.14. The molecule has 1 aromatic rings. The van der Waals surface area contributed by atoms with Gasteiger partial charge in [-0.2, -0.15) is 0 Å². The molecule has 2 N–H and O–H groups in total. The number of carbonyl (C=O) groups is 3. The van der Waals surface area contributed by atoms with Crippen molar-refractivity contribution < 1.29 is 42.1 Å². The summed E-state index contributed by atoms with van der Waals surface area (Å²) in [6.07, 6.45) is 1.19. The number of hydrogen-bond donors (Lipinski definition) is 2. The van der Waals surface area contributed by atoms with E-state index in [4.69, 9.17) is 9.47 Å². The highest BCUT2D eigenvalue weighted by atomic mass is 19.1. The number of allylic oxidation sites excluding steroid dienone is 1. The van der Waals surface area contributed by atoms with Gasteiger partial charge in [0.2, 0.25) is 0 Å². The Kier molecular flexibility index (Phi) is 6.37. The van der Waals surface area contributed by atoms with Gasteiger partial charge >= 0.3 is 17.9 Å². The van der Waals surface area contributed by atoms with Crippen molar-refractivity contribution in [2.45, 2.75) is 31.6 Å². The Bertz CT molecular complexity index is 1010. The first-order chi connectivity index (χ1) is 14.7. The van der Waals surface area contributed by atoms with Gasteiger partial charge in [0.15, 0.2) is 0 Å². The Labute approximate surface area is 175 Å². The van der Waals surface area contributed by atoms with E-state index in [9.17, 15) is 32.7 Å². The van der Waals surface area contributed by atoms with Crippen LogP contribution < -0.4 is 5.32 Å². The molecule has 1 aliphatic heterocycles. The summed E-state index contributed by atoms with van der Waals surface area (Å²) in [4.78, 5) is 36.0. The van der Waals surface area contributed by atoms with E-state index in [1.807, 2.05) is 0 Å². The lowest BCUT2D eigenvalue weighted by atomic mass is 9.77. The van der Waals surface area contributed by atoms with Crippen LogP contribution in [0, 0.1) is 11.6 Å². The minimum Gasteiger partial charge on any atom is -0.478 e. The molecular weight excluding hydrogens is 419 g/mol. The molecule has 31 heavy (non-hydrogen) atoms. The van der Waals surface area contributed by atoms with E-state index < -0.39 is 59.9 Å². The SMILES string of the molecule is COC(=O)C1=C(CF)NC(COC(C)=O)=C(C(=O)O)C1c1cc(F)cc(F)c1C1CC1. The summed E-state index contributed by atoms with van der Waals surface area (Å²) in [6.45, 7) is -0.698. The summed E-state index contributed by atoms with van der Waals surface area (Å²) in [5.74, 6) is -7.00. The van der Waals surface area contributed by atoms with Gasteiger partial charge in [0, 0.05) is 13.0 Å². The second-order valence-corrected chi connectivity index (χ2v) is 7.22. The average molecular weight is 439 g/mol. The molecule has 0 bridgehead atoms. The minimum absolute atomic E-state index is 0.0681. The normalized spacial score (nSPS) is 18.5. The van der Waals surface area contributed by atoms with Crippen LogP contribution >= 0.6 is 0 Å². The highest BCUT2D eigenvalue weighted by molar-refractivity contribution is 5.99. The average Bonchev–Trinajstić information content (AvgIpc) is 3.54. The molecule has 0 saturated heterocycles. The molecule has 2 aliphatic rings. The first-order valence-electron chi connectivity index (χ1n) is 9.42. The van der Waals surface area contributed by atoms with Gasteiger partial charge in [-0.05, 0) is 36.0 Å². The Hall–Kier alpha value is -3.30. The summed E-state index contributed by atoms with van der Waals surface area (Å²) >= 11 is 0. The molecule has 10 heteroatoms. The zero-order valence-electron chi connectivity index (χ0n) is 16.8. The number of carboxylic acid groups (broad SMARTS) is 1. The number of aliphatic carboxylic acids is 1. The summed E-state index contributed by atoms with van der Waals surface area (Å²) < 4.78 is 52.4. The maximum Gasteiger partial charge on any atom is 0.336 e. The maximum atomic E-state index is 14.7. The number of methoxy groups -OCH3 is 1. The second kappa shape index (κ2) is 8.83. The van der Waals surface area contributed by atoms with Crippen molar-refractivity contribution in [1.29, 1.82) is 0 Å². The van der Waals surface area contributed by atoms with Gasteiger partial charge < -0.3 is 19.9 Å². The summed E-state index contributed by atoms with van der Waals surface area (Å²) in [5.41, 5.74) is -1.49. The van der Waals surface area contributed by atoms with Gasteiger partial charge in [-0.3, -0.25) is 4.79 Å². The molecule has 1 heterocycles. The van der Waals surface area contributed by atoms with Crippen LogP contribution in [-0.2, 0) is 23.9 Å². The molecule has 0 spiro atoms. The van der Waals surface area contributed by atoms with Crippen molar-refractivity contribution in [2.75, 3.05) is 20.4 Å². The topological polar surface area (TPSA) is 102 Å². The molecule has 0 aromatic heterocycles. The van der Waals surface area contributed by atoms with Crippen LogP contribution in [0.1, 0.15) is 42.7 Å². The van der Waals surface area contributed by atoms with Crippen molar-refractivity contribution in [3.8, 4) is 0 Å². The molecule has 1 fully saturated rings. The predicted molar refractivity (Wildman–Crippen MR) is 101 cm³/mol. The Morgan fingerprint density at radius 2 is 1.84 bits per heavy atom. The first-order valence-corrected chi connectivity index (χ1v) is 9.42. The lowest BCUT2D eigenvalue weighted by molar-refractivity contribution is -0.141. The van der Waals surface area contributed by atoms with E-state index in [1.54, 1.807) is 0 Å². The number of halogens is 3. The number of hydrogen-bond acceptors (Lipinski definition) is 6. The number of carboxylic acids is 1. The van der Waals surface area contributed by atoms with Gasteiger partial charge in [0.1, 0.15) is 24.9 Å². The molecule has 1 aromatic carbocycles. The Morgan fingerprint density at radius 1 is 1.16 bits per heavy atom. The molecule has 1 unspecified atom stereocenters. The molecule has 1 atom stereocenters. The molecule has 3 rings (SSSR count). The number of rotatable bonds is 7. The number of ether oxygens (including phenoxy) is 2. The van der Waals surface area contributed by atoms with E-state index >= 15 is 0 Å². The second-order valence-electron chi connectivity index (χ2n) is 7.22. The van der Waals surface area contributed by atoms with Crippen molar-refractivity contribution in [3.63, 3.8) is 0 Å². The monoisotopic (exact) mass is 439 g/mol. The summed E-state index contributed by atoms with van der Waals surface area (Å²) in [6, 6.07) is 1.62. The van der Waals surface area contributed by atoms with E-state index in [-0.39, 0.29) is 28.4 Å². The van der Waals surface area contributed by atoms with Crippen molar-refractivity contribution in [2.24, 2.45) is 0 Å². The third kappa shape index (κ3) is 4.42. The fraction of sp³-hybridized carbons (Fsp3) is 0.381. The molecule has 0 radical (unpaired) electrons. The largest absolute Gasteiger partial charge is 0.478 e. The van der Waals surface area contributed by atoms with Crippen molar-refractivity contribution in [1.82, 2.24) is 5.32 Å². The van der Waals surface area contributed by atoms with E-state index in [2.05, 4.69) is 5.32 Å². The Morgan fingerprint density at radius 3 is 2.35 bits per heavy atom. The number of nitrogens with one attached hydrogen (secondary N) is 1. The zero-order chi connectivity index (χ0) is 22.9. The maximum absolute atomic E-state index is 14.7. The molecule has 7 nitrogen and oxygen atoms in total. The van der Waals surface area contributed by atoms with Crippen molar-refractivity contribution in [3.05, 3.63) is 57.4 Å². The molecular formula is C21H20F3NO6. The van der Waals surface area contributed by atoms with Crippen LogP contribution in [0.25, 0.3) is 0 Å². The van der Waals surface area contributed by atoms with Gasteiger partial charge in [0.05, 0.1) is 35.6 Å². The molecule has 1 aliphatic carbocycles. The van der Waals surface area contributed by atoms with Crippen LogP contribution in [0.4, 0.5) is 13.2 Å². The zero-order valence-corrected chi connectivity index (χ0v) is 16.8. The molecule has 0 amide bonds. The van der Waals surface area contributed by atoms with Crippen LogP contribution in [0.2, 0.25) is 0 Å². The quantitative estimate of drug-likeness (QED) is 0.630. The van der Waals surface area contributed by atoms with Gasteiger partial charge in [-0.15, -0.1) is 0 Å². The highest BCUT2D eigenvalue weighted by Gasteiger charge is 2.43. The summed E-state index contributed by atoms with van der Waals surface area (Å²) in [7, 11) is 1.02. The molecule has 1 saturated carbocycles. The first kappa shape index (κ1) is 22.4. The van der Waals surface area contributed by atoms with Crippen molar-refractivity contribution >= 4 is 17.9 Å². The number of alkyl halides is 1. The predicted octanol–water partition coefficient (Wildman–Crippen LogP) is 2.83. The van der Waals surface area contributed by atoms with Crippen LogP contribution in [0.5, 0.6) is 0 Å². The third-order valence-electron chi connectivity index (χ3n) is 5.14. The fourth-order valence-electron chi connectivity index (χ4n) is 3.76.